The van der Waals surface area contributed by atoms with Gasteiger partial charge in [0, 0.05) is 76.9 Å². The minimum absolute atomic E-state index is 0.216. The van der Waals surface area contributed by atoms with Crippen LogP contribution in [0.5, 0.6) is 5.75 Å². The largest absolute Gasteiger partial charge is 0.487 e. The van der Waals surface area contributed by atoms with Gasteiger partial charge in [-0.05, 0) is 32.4 Å². The van der Waals surface area contributed by atoms with Crippen molar-refractivity contribution in [3.8, 4) is 5.75 Å². The standard InChI is InChI=1S/C25H32N6O3/c1-25(2)16-18-14-20(28-24(32)19-17-27-31-8-4-6-26-23(19)31)21(15-22(18)34-25)30-11-9-29(10-12-30)7-5-13-33-3/h4,6,8,14-15,17H,5,7,9-13,16H2,1-3H3,(H,28,32). The molecule has 2 aliphatic heterocycles. The average molecular weight is 465 g/mol. The van der Waals surface area contributed by atoms with Crippen LogP contribution < -0.4 is 15.0 Å². The van der Waals surface area contributed by atoms with Gasteiger partial charge in [-0.1, -0.05) is 0 Å². The minimum Gasteiger partial charge on any atom is -0.487 e. The van der Waals surface area contributed by atoms with Gasteiger partial charge < -0.3 is 19.7 Å². The van der Waals surface area contributed by atoms with E-state index in [-0.39, 0.29) is 11.5 Å². The molecule has 0 radical (unpaired) electrons. The Balaban J connectivity index is 1.40. The first kappa shape index (κ1) is 22.6. The summed E-state index contributed by atoms with van der Waals surface area (Å²) in [7, 11) is 1.74. The number of hydrogen-bond donors (Lipinski definition) is 1. The summed E-state index contributed by atoms with van der Waals surface area (Å²) in [6.07, 6.45) is 6.85. The van der Waals surface area contributed by atoms with Crippen molar-refractivity contribution in [1.82, 2.24) is 19.5 Å². The van der Waals surface area contributed by atoms with Crippen LogP contribution in [-0.4, -0.2) is 77.4 Å². The molecule has 0 aliphatic carbocycles. The van der Waals surface area contributed by atoms with Gasteiger partial charge >= 0.3 is 0 Å². The number of methoxy groups -OCH3 is 1. The zero-order valence-corrected chi connectivity index (χ0v) is 20.1. The first-order valence-corrected chi connectivity index (χ1v) is 11.9. The first-order valence-electron chi connectivity index (χ1n) is 11.9. The summed E-state index contributed by atoms with van der Waals surface area (Å²) < 4.78 is 13.0. The molecule has 180 valence electrons. The van der Waals surface area contributed by atoms with Gasteiger partial charge in [0.05, 0.1) is 17.6 Å². The molecular formula is C25H32N6O3. The highest BCUT2D eigenvalue weighted by atomic mass is 16.5. The Morgan fingerprint density at radius 3 is 2.85 bits per heavy atom. The molecule has 4 heterocycles. The average Bonchev–Trinajstić information content (AvgIpc) is 3.38. The number of ether oxygens (including phenoxy) is 2. The lowest BCUT2D eigenvalue weighted by atomic mass is 10.0. The Kier molecular flexibility index (Phi) is 6.14. The molecule has 0 saturated carbocycles. The van der Waals surface area contributed by atoms with Crippen LogP contribution in [0.3, 0.4) is 0 Å². The molecule has 1 amide bonds. The van der Waals surface area contributed by atoms with Gasteiger partial charge in [0.2, 0.25) is 0 Å². The van der Waals surface area contributed by atoms with Crippen molar-refractivity contribution in [1.29, 1.82) is 0 Å². The van der Waals surface area contributed by atoms with Crippen LogP contribution in [0, 0.1) is 0 Å². The van der Waals surface area contributed by atoms with E-state index in [1.165, 1.54) is 0 Å². The number of carbonyl (C=O) groups excluding carboxylic acids is 1. The summed E-state index contributed by atoms with van der Waals surface area (Å²) in [5.41, 5.74) is 3.64. The second-order valence-corrected chi connectivity index (χ2v) is 9.59. The van der Waals surface area contributed by atoms with Crippen LogP contribution in [-0.2, 0) is 11.2 Å². The lowest BCUT2D eigenvalue weighted by molar-refractivity contribution is 0.102. The van der Waals surface area contributed by atoms with Gasteiger partial charge in [-0.25, -0.2) is 9.50 Å². The summed E-state index contributed by atoms with van der Waals surface area (Å²) in [6, 6.07) is 5.95. The number of nitrogens with one attached hydrogen (secondary N) is 1. The predicted molar refractivity (Wildman–Crippen MR) is 131 cm³/mol. The number of fused-ring (bicyclic) bond motifs is 2. The van der Waals surface area contributed by atoms with Gasteiger partial charge in [-0.2, -0.15) is 5.10 Å². The zero-order valence-electron chi connectivity index (χ0n) is 20.1. The Bertz CT molecular complexity index is 1180. The fraction of sp³-hybridized carbons (Fsp3) is 0.480. The summed E-state index contributed by atoms with van der Waals surface area (Å²) in [5.74, 6) is 0.685. The van der Waals surface area contributed by atoms with Gasteiger partial charge in [0.1, 0.15) is 16.9 Å². The van der Waals surface area contributed by atoms with E-state index >= 15 is 0 Å². The maximum Gasteiger partial charge on any atom is 0.261 e. The van der Waals surface area contributed by atoms with Gasteiger partial charge in [0.25, 0.3) is 5.91 Å². The molecule has 1 fully saturated rings. The fourth-order valence-corrected chi connectivity index (χ4v) is 4.82. The number of piperazine rings is 1. The number of aromatic nitrogens is 3. The van der Waals surface area contributed by atoms with Crippen molar-refractivity contribution in [2.24, 2.45) is 0 Å². The molecule has 1 N–H and O–H groups in total. The van der Waals surface area contributed by atoms with Gasteiger partial charge in [-0.3, -0.25) is 9.69 Å². The fourth-order valence-electron chi connectivity index (χ4n) is 4.82. The number of rotatable bonds is 7. The molecule has 9 heteroatoms. The molecule has 34 heavy (non-hydrogen) atoms. The molecule has 3 aromatic rings. The van der Waals surface area contributed by atoms with E-state index in [0.717, 1.165) is 74.9 Å². The summed E-state index contributed by atoms with van der Waals surface area (Å²) in [5, 5.41) is 7.41. The van der Waals surface area contributed by atoms with E-state index in [4.69, 9.17) is 9.47 Å². The van der Waals surface area contributed by atoms with Gasteiger partial charge in [-0.15, -0.1) is 0 Å². The number of hydrogen-bond acceptors (Lipinski definition) is 7. The van der Waals surface area contributed by atoms with Crippen LogP contribution >= 0.6 is 0 Å². The summed E-state index contributed by atoms with van der Waals surface area (Å²) >= 11 is 0. The lowest BCUT2D eigenvalue weighted by Crippen LogP contribution is -2.47. The van der Waals surface area contributed by atoms with E-state index in [9.17, 15) is 4.79 Å². The minimum atomic E-state index is -0.255. The van der Waals surface area contributed by atoms with Crippen LogP contribution in [0.25, 0.3) is 5.65 Å². The quantitative estimate of drug-likeness (QED) is 0.538. The third kappa shape index (κ3) is 4.58. The second kappa shape index (κ2) is 9.23. The highest BCUT2D eigenvalue weighted by Crippen LogP contribution is 2.42. The smallest absolute Gasteiger partial charge is 0.261 e. The highest BCUT2D eigenvalue weighted by molar-refractivity contribution is 6.09. The molecule has 2 aliphatic rings. The Labute approximate surface area is 199 Å². The van der Waals surface area contributed by atoms with Crippen molar-refractivity contribution < 1.29 is 14.3 Å². The molecule has 2 aromatic heterocycles. The van der Waals surface area contributed by atoms with Gasteiger partial charge in [0.15, 0.2) is 5.65 Å². The molecule has 1 saturated heterocycles. The number of carbonyl (C=O) groups is 1. The molecule has 0 spiro atoms. The molecular weight excluding hydrogens is 432 g/mol. The van der Waals surface area contributed by atoms with Crippen LogP contribution in [0.2, 0.25) is 0 Å². The zero-order chi connectivity index (χ0) is 23.7. The van der Waals surface area contributed by atoms with Crippen molar-refractivity contribution in [2.75, 3.05) is 56.7 Å². The van der Waals surface area contributed by atoms with Crippen LogP contribution in [0.4, 0.5) is 11.4 Å². The van der Waals surface area contributed by atoms with Crippen molar-refractivity contribution in [3.63, 3.8) is 0 Å². The number of amides is 1. The predicted octanol–water partition coefficient (Wildman–Crippen LogP) is 2.85. The normalized spacial score (nSPS) is 17.6. The van der Waals surface area contributed by atoms with Crippen molar-refractivity contribution >= 4 is 22.9 Å². The monoisotopic (exact) mass is 464 g/mol. The third-order valence-electron chi connectivity index (χ3n) is 6.49. The number of benzene rings is 1. The molecule has 0 unspecified atom stereocenters. The van der Waals surface area contributed by atoms with Crippen LogP contribution in [0.15, 0.2) is 36.8 Å². The van der Waals surface area contributed by atoms with Crippen LogP contribution in [0.1, 0.15) is 36.2 Å². The number of nitrogens with zero attached hydrogens (tertiary/aromatic N) is 5. The second-order valence-electron chi connectivity index (χ2n) is 9.59. The van der Waals surface area contributed by atoms with E-state index in [0.29, 0.717) is 11.2 Å². The maximum atomic E-state index is 13.3. The lowest BCUT2D eigenvalue weighted by Gasteiger charge is -2.37. The molecule has 9 nitrogen and oxygen atoms in total. The van der Waals surface area contributed by atoms with E-state index in [1.54, 1.807) is 36.3 Å². The Hall–Kier alpha value is -3.17. The van der Waals surface area contributed by atoms with E-state index in [1.807, 2.05) is 0 Å². The van der Waals surface area contributed by atoms with E-state index < -0.39 is 0 Å². The van der Waals surface area contributed by atoms with E-state index in [2.05, 4.69) is 51.2 Å². The van der Waals surface area contributed by atoms with Crippen molar-refractivity contribution in [2.45, 2.75) is 32.3 Å². The maximum absolute atomic E-state index is 13.3. The summed E-state index contributed by atoms with van der Waals surface area (Å²) in [6.45, 7) is 9.72. The summed E-state index contributed by atoms with van der Waals surface area (Å²) in [4.78, 5) is 22.4. The molecule has 0 bridgehead atoms. The Morgan fingerprint density at radius 1 is 1.24 bits per heavy atom. The topological polar surface area (TPSA) is 84.2 Å². The molecule has 1 aromatic carbocycles. The molecule has 5 rings (SSSR count). The number of anilines is 2. The molecule has 0 atom stereocenters. The van der Waals surface area contributed by atoms with Crippen molar-refractivity contribution in [3.05, 3.63) is 47.9 Å². The highest BCUT2D eigenvalue weighted by Gasteiger charge is 2.32. The third-order valence-corrected chi connectivity index (χ3v) is 6.49. The first-order chi connectivity index (χ1) is 16.4. The Morgan fingerprint density at radius 2 is 2.06 bits per heavy atom. The SMILES string of the molecule is COCCCN1CCN(c2cc3c(cc2NC(=O)c2cnn4cccnc24)CC(C)(C)O3)CC1.